The predicted octanol–water partition coefficient (Wildman–Crippen LogP) is -2.38. The number of carboxylic acids is 1. The molecular weight excluding hydrogens is 382 g/mol. The first-order valence-electron chi connectivity index (χ1n) is 8.83. The molecule has 8 N–H and O–H groups in total. The Hall–Kier alpha value is -3.47. The van der Waals surface area contributed by atoms with E-state index in [1.165, 1.54) is 0 Å². The van der Waals surface area contributed by atoms with Gasteiger partial charge in [-0.2, -0.15) is 0 Å². The topological polar surface area (TPSA) is 194 Å². The maximum absolute atomic E-state index is 12.2. The van der Waals surface area contributed by atoms with Crippen LogP contribution in [0.25, 0.3) is 0 Å². The molecule has 1 aromatic rings. The van der Waals surface area contributed by atoms with E-state index in [4.69, 9.17) is 16.6 Å². The minimum Gasteiger partial charge on any atom is -0.480 e. The second-order valence-corrected chi connectivity index (χ2v) is 6.25. The maximum atomic E-state index is 12.2. The molecule has 0 fully saturated rings. The van der Waals surface area contributed by atoms with Crippen molar-refractivity contribution in [2.45, 2.75) is 31.3 Å². The Balaban J connectivity index is 2.63. The number of aliphatic carboxylic acids is 1. The average molecular weight is 407 g/mol. The van der Waals surface area contributed by atoms with Crippen LogP contribution in [0.1, 0.15) is 18.4 Å². The average Bonchev–Trinajstić information content (AvgIpc) is 2.68. The van der Waals surface area contributed by atoms with Crippen LogP contribution in [-0.2, 0) is 30.4 Å². The molecule has 2 unspecified atom stereocenters. The van der Waals surface area contributed by atoms with Gasteiger partial charge in [0, 0.05) is 12.8 Å². The summed E-state index contributed by atoms with van der Waals surface area (Å²) >= 11 is 0. The molecule has 158 valence electrons. The molecule has 0 aliphatic carbocycles. The van der Waals surface area contributed by atoms with Gasteiger partial charge in [0.2, 0.25) is 23.6 Å². The normalized spacial score (nSPS) is 12.3. The zero-order valence-corrected chi connectivity index (χ0v) is 15.7. The quantitative estimate of drug-likeness (QED) is 0.223. The summed E-state index contributed by atoms with van der Waals surface area (Å²) in [5, 5.41) is 15.7. The number of nitrogens with two attached hydrogens (primary N) is 2. The van der Waals surface area contributed by atoms with Gasteiger partial charge < -0.3 is 32.5 Å². The standard InChI is InChI=1S/C18H25N5O6/c19-12(6-7-14(20)24)17(28)21-9-15(25)23-13(18(29)22-10-16(26)27)8-11-4-2-1-3-5-11/h1-5,12-13H,6-10,19H2,(H2,20,24)(H,21,28)(H,22,29)(H,23,25)(H,26,27). The lowest BCUT2D eigenvalue weighted by atomic mass is 10.1. The van der Waals surface area contributed by atoms with Crippen molar-refractivity contribution < 1.29 is 29.1 Å². The van der Waals surface area contributed by atoms with Gasteiger partial charge in [0.05, 0.1) is 12.6 Å². The van der Waals surface area contributed by atoms with E-state index in [1.54, 1.807) is 30.3 Å². The van der Waals surface area contributed by atoms with Crippen molar-refractivity contribution in [3.63, 3.8) is 0 Å². The number of rotatable bonds is 12. The lowest BCUT2D eigenvalue weighted by Crippen LogP contribution is -2.52. The third-order valence-electron chi connectivity index (χ3n) is 3.81. The number of carboxylic acid groups (broad SMARTS) is 1. The molecule has 0 bridgehead atoms. The molecule has 0 saturated heterocycles. The first-order chi connectivity index (χ1) is 13.7. The molecule has 0 aromatic heterocycles. The van der Waals surface area contributed by atoms with E-state index in [0.717, 1.165) is 5.56 Å². The van der Waals surface area contributed by atoms with Crippen molar-refractivity contribution in [3.8, 4) is 0 Å². The van der Waals surface area contributed by atoms with E-state index >= 15 is 0 Å². The minimum atomic E-state index is -1.22. The van der Waals surface area contributed by atoms with Gasteiger partial charge >= 0.3 is 5.97 Å². The van der Waals surface area contributed by atoms with Crippen LogP contribution in [0.4, 0.5) is 0 Å². The SMILES string of the molecule is NC(=O)CCC(N)C(=O)NCC(=O)NC(Cc1ccccc1)C(=O)NCC(=O)O. The molecule has 0 heterocycles. The molecule has 11 heteroatoms. The Morgan fingerprint density at radius 3 is 2.17 bits per heavy atom. The number of hydrogen-bond donors (Lipinski definition) is 6. The summed E-state index contributed by atoms with van der Waals surface area (Å²) in [6.45, 7) is -1.04. The molecule has 2 atom stereocenters. The Labute approximate surface area is 167 Å². The lowest BCUT2D eigenvalue weighted by Gasteiger charge is -2.19. The number of primary amides is 1. The molecule has 29 heavy (non-hydrogen) atoms. The molecule has 0 aliphatic heterocycles. The maximum Gasteiger partial charge on any atom is 0.322 e. The Kier molecular flexibility index (Phi) is 9.82. The Morgan fingerprint density at radius 1 is 0.966 bits per heavy atom. The van der Waals surface area contributed by atoms with E-state index < -0.39 is 54.8 Å². The molecule has 1 rings (SSSR count). The van der Waals surface area contributed by atoms with Crippen LogP contribution in [0, 0.1) is 0 Å². The van der Waals surface area contributed by atoms with E-state index in [2.05, 4.69) is 16.0 Å². The summed E-state index contributed by atoms with van der Waals surface area (Å²) in [6, 6.07) is 6.78. The monoisotopic (exact) mass is 407 g/mol. The molecule has 4 amide bonds. The van der Waals surface area contributed by atoms with E-state index in [-0.39, 0.29) is 19.3 Å². The largest absolute Gasteiger partial charge is 0.480 e. The van der Waals surface area contributed by atoms with Crippen LogP contribution in [0.2, 0.25) is 0 Å². The Morgan fingerprint density at radius 2 is 1.59 bits per heavy atom. The van der Waals surface area contributed by atoms with Crippen molar-refractivity contribution >= 4 is 29.6 Å². The van der Waals surface area contributed by atoms with Gasteiger partial charge in [-0.3, -0.25) is 24.0 Å². The molecule has 0 spiro atoms. The fraction of sp³-hybridized carbons (Fsp3) is 0.389. The number of amides is 4. The number of benzene rings is 1. The van der Waals surface area contributed by atoms with Crippen molar-refractivity contribution in [3.05, 3.63) is 35.9 Å². The third-order valence-corrected chi connectivity index (χ3v) is 3.81. The zero-order valence-electron chi connectivity index (χ0n) is 15.7. The van der Waals surface area contributed by atoms with Crippen molar-refractivity contribution in [2.24, 2.45) is 11.5 Å². The third kappa shape index (κ3) is 9.86. The van der Waals surface area contributed by atoms with Gasteiger partial charge in [0.25, 0.3) is 0 Å². The summed E-state index contributed by atoms with van der Waals surface area (Å²) in [5.41, 5.74) is 11.3. The highest BCUT2D eigenvalue weighted by atomic mass is 16.4. The van der Waals surface area contributed by atoms with Crippen molar-refractivity contribution in [1.29, 1.82) is 0 Å². The molecular formula is C18H25N5O6. The van der Waals surface area contributed by atoms with Gasteiger partial charge in [0.1, 0.15) is 12.6 Å². The molecule has 0 radical (unpaired) electrons. The smallest absolute Gasteiger partial charge is 0.322 e. The van der Waals surface area contributed by atoms with Gasteiger partial charge in [-0.15, -0.1) is 0 Å². The summed E-state index contributed by atoms with van der Waals surface area (Å²) in [6.07, 6.45) is 0.102. The highest BCUT2D eigenvalue weighted by Crippen LogP contribution is 2.03. The zero-order chi connectivity index (χ0) is 21.8. The van der Waals surface area contributed by atoms with Crippen LogP contribution in [0.5, 0.6) is 0 Å². The van der Waals surface area contributed by atoms with Crippen molar-refractivity contribution in [2.75, 3.05) is 13.1 Å². The number of hydrogen-bond acceptors (Lipinski definition) is 6. The van der Waals surface area contributed by atoms with E-state index in [9.17, 15) is 24.0 Å². The summed E-state index contributed by atoms with van der Waals surface area (Å²) < 4.78 is 0. The van der Waals surface area contributed by atoms with Gasteiger partial charge in [-0.1, -0.05) is 30.3 Å². The highest BCUT2D eigenvalue weighted by Gasteiger charge is 2.22. The molecule has 1 aromatic carbocycles. The number of nitrogens with one attached hydrogen (secondary N) is 3. The van der Waals surface area contributed by atoms with Crippen LogP contribution in [0.3, 0.4) is 0 Å². The lowest BCUT2D eigenvalue weighted by molar-refractivity contribution is -0.138. The second-order valence-electron chi connectivity index (χ2n) is 6.25. The fourth-order valence-electron chi connectivity index (χ4n) is 2.32. The van der Waals surface area contributed by atoms with E-state index in [1.807, 2.05) is 0 Å². The fourth-order valence-corrected chi connectivity index (χ4v) is 2.32. The van der Waals surface area contributed by atoms with Gasteiger partial charge in [-0.05, 0) is 12.0 Å². The number of carbonyl (C=O) groups excluding carboxylic acids is 4. The highest BCUT2D eigenvalue weighted by molar-refractivity contribution is 5.92. The van der Waals surface area contributed by atoms with Crippen LogP contribution in [-0.4, -0.2) is 59.9 Å². The summed E-state index contributed by atoms with van der Waals surface area (Å²) in [4.78, 5) is 57.6. The van der Waals surface area contributed by atoms with Gasteiger partial charge in [0.15, 0.2) is 0 Å². The summed E-state index contributed by atoms with van der Waals surface area (Å²) in [5.74, 6) is -3.79. The van der Waals surface area contributed by atoms with E-state index in [0.29, 0.717) is 0 Å². The molecule has 0 aliphatic rings. The van der Waals surface area contributed by atoms with Crippen LogP contribution < -0.4 is 27.4 Å². The van der Waals surface area contributed by atoms with Crippen LogP contribution in [0.15, 0.2) is 30.3 Å². The van der Waals surface area contributed by atoms with Gasteiger partial charge in [-0.25, -0.2) is 0 Å². The number of carbonyl (C=O) groups is 5. The predicted molar refractivity (Wildman–Crippen MR) is 102 cm³/mol. The second kappa shape index (κ2) is 12.1. The minimum absolute atomic E-state index is 0.0387. The molecule has 11 nitrogen and oxygen atoms in total. The summed E-state index contributed by atoms with van der Waals surface area (Å²) in [7, 11) is 0. The van der Waals surface area contributed by atoms with Crippen LogP contribution >= 0.6 is 0 Å². The first-order valence-corrected chi connectivity index (χ1v) is 8.83. The first kappa shape index (κ1) is 23.6. The Bertz CT molecular complexity index is 740. The molecule has 0 saturated carbocycles. The van der Waals surface area contributed by atoms with Crippen molar-refractivity contribution in [1.82, 2.24) is 16.0 Å².